The van der Waals surface area contributed by atoms with Gasteiger partial charge in [-0.2, -0.15) is 0 Å². The summed E-state index contributed by atoms with van der Waals surface area (Å²) in [4.78, 5) is 28.7. The highest BCUT2D eigenvalue weighted by Gasteiger charge is 2.62. The number of Topliss-reactive ketones (excluding diaryl/α,β-unsaturated/α-hetero) is 1. The van der Waals surface area contributed by atoms with Crippen molar-refractivity contribution in [1.29, 1.82) is 0 Å². The number of hydrogen-bond acceptors (Lipinski definition) is 13. The molecule has 0 amide bonds. The van der Waals surface area contributed by atoms with Gasteiger partial charge in [0.15, 0.2) is 30.3 Å². The van der Waals surface area contributed by atoms with Crippen LogP contribution >= 0.6 is 0 Å². The Labute approximate surface area is 279 Å². The van der Waals surface area contributed by atoms with Crippen LogP contribution in [0.4, 0.5) is 0 Å². The molecule has 4 fully saturated rings. The van der Waals surface area contributed by atoms with Crippen molar-refractivity contribution in [2.75, 3.05) is 21.2 Å². The molecule has 0 saturated carbocycles. The van der Waals surface area contributed by atoms with Gasteiger partial charge >= 0.3 is 5.97 Å². The molecule has 272 valence electrons. The van der Waals surface area contributed by atoms with Crippen LogP contribution in [0, 0.1) is 23.7 Å². The average Bonchev–Trinajstić information content (AvgIpc) is 3.24. The molecule has 2 bridgehead atoms. The summed E-state index contributed by atoms with van der Waals surface area (Å²) in [7, 11) is 5.29. The highest BCUT2D eigenvalue weighted by molar-refractivity contribution is 5.84. The molecule has 4 aliphatic rings. The molecule has 0 spiro atoms. The van der Waals surface area contributed by atoms with Gasteiger partial charge in [-0.1, -0.05) is 20.8 Å². The molecule has 0 aromatic heterocycles. The van der Waals surface area contributed by atoms with Crippen LogP contribution in [-0.2, 0) is 42.7 Å². The van der Waals surface area contributed by atoms with Crippen LogP contribution in [0.1, 0.15) is 81.6 Å². The fourth-order valence-electron chi connectivity index (χ4n) is 8.37. The molecule has 0 aliphatic carbocycles. The van der Waals surface area contributed by atoms with Crippen LogP contribution in [0.2, 0.25) is 0 Å². The van der Waals surface area contributed by atoms with Crippen molar-refractivity contribution in [3.05, 3.63) is 0 Å². The molecule has 0 aromatic carbocycles. The molecule has 13 nitrogen and oxygen atoms in total. The van der Waals surface area contributed by atoms with Crippen LogP contribution in [-0.4, -0.2) is 132 Å². The number of hydrogen-bond donors (Lipinski definition) is 3. The van der Waals surface area contributed by atoms with E-state index < -0.39 is 102 Å². The third-order valence-electron chi connectivity index (χ3n) is 11.4. The maximum Gasteiger partial charge on any atom is 0.312 e. The maximum absolute atomic E-state index is 13.9. The zero-order chi connectivity index (χ0) is 35.4. The van der Waals surface area contributed by atoms with Crippen LogP contribution in [0.25, 0.3) is 0 Å². The van der Waals surface area contributed by atoms with E-state index in [4.69, 9.17) is 33.2 Å². The van der Waals surface area contributed by atoms with Crippen molar-refractivity contribution in [1.82, 2.24) is 4.90 Å². The maximum atomic E-state index is 13.9. The Morgan fingerprint density at radius 3 is 2.21 bits per heavy atom. The summed E-state index contributed by atoms with van der Waals surface area (Å²) in [6.45, 7) is 15.6. The lowest BCUT2D eigenvalue weighted by molar-refractivity contribution is -0.334. The predicted molar refractivity (Wildman–Crippen MR) is 169 cm³/mol. The summed E-state index contributed by atoms with van der Waals surface area (Å²) in [5.41, 5.74) is -2.18. The molecule has 0 unspecified atom stereocenters. The van der Waals surface area contributed by atoms with Crippen LogP contribution in [0.3, 0.4) is 0 Å². The smallest absolute Gasteiger partial charge is 0.312 e. The second-order valence-electron chi connectivity index (χ2n) is 15.3. The summed E-state index contributed by atoms with van der Waals surface area (Å²) in [5.74, 6) is -5.96. The predicted octanol–water partition coefficient (Wildman–Crippen LogP) is 2.01. The lowest BCUT2D eigenvalue weighted by Crippen LogP contribution is -2.60. The number of likely N-dealkylation sites (N-methyl/N-ethyl adjacent to an activating group) is 1. The highest BCUT2D eigenvalue weighted by atomic mass is 16.7. The topological polar surface area (TPSA) is 163 Å². The number of nitrogens with zero attached hydrogens (tertiary/aromatic N) is 1. The van der Waals surface area contributed by atoms with Gasteiger partial charge in [0.05, 0.1) is 47.5 Å². The first-order valence-corrected chi connectivity index (χ1v) is 17.0. The van der Waals surface area contributed by atoms with Crippen LogP contribution in [0.15, 0.2) is 0 Å². The van der Waals surface area contributed by atoms with Crippen LogP contribution in [0.5, 0.6) is 0 Å². The number of methoxy groups -OCH3 is 1. The number of carbonyl (C=O) groups is 2. The van der Waals surface area contributed by atoms with Crippen molar-refractivity contribution in [3.63, 3.8) is 0 Å². The van der Waals surface area contributed by atoms with Gasteiger partial charge in [-0.05, 0) is 68.5 Å². The fraction of sp³-hybridized carbons (Fsp3) is 0.941. The lowest BCUT2D eigenvalue weighted by atomic mass is 9.77. The first-order chi connectivity index (χ1) is 21.7. The molecule has 4 heterocycles. The van der Waals surface area contributed by atoms with Gasteiger partial charge in [0, 0.05) is 31.4 Å². The zero-order valence-corrected chi connectivity index (χ0v) is 30.2. The number of fused-ring (bicyclic) bond motifs is 2. The molecule has 0 radical (unpaired) electrons. The SMILES string of the molecule is CO[C@]1(C)C[C@H](O[C@H]2[C@H](C)[C@@H](O[C@@H]3O[C@H](C)C[C@H](N(C)C)[C@H]3O)[C@@]3(C)C[C@@H](C)[C@@](O)(O3)[C@@H](C)[C@H](C(C)=O)OC(=O)[C@@H]2C)O[C@@H](C)[C@@H]1O. The second-order valence-corrected chi connectivity index (χ2v) is 15.3. The molecule has 3 N–H and O–H groups in total. The van der Waals surface area contributed by atoms with E-state index in [0.29, 0.717) is 12.8 Å². The van der Waals surface area contributed by atoms with E-state index >= 15 is 0 Å². The van der Waals surface area contributed by atoms with E-state index in [1.54, 1.807) is 27.7 Å². The summed E-state index contributed by atoms with van der Waals surface area (Å²) in [6, 6.07) is -0.248. The summed E-state index contributed by atoms with van der Waals surface area (Å²) >= 11 is 0. The average molecular weight is 674 g/mol. The summed E-state index contributed by atoms with van der Waals surface area (Å²) in [5, 5.41) is 34.4. The Morgan fingerprint density at radius 1 is 1.00 bits per heavy atom. The van der Waals surface area contributed by atoms with Gasteiger partial charge in [-0.3, -0.25) is 9.59 Å². The minimum Gasteiger partial charge on any atom is -0.454 e. The standard InChI is InChI=1S/C34H59NO12/c1-16-14-33(9)29(46-31-25(37)23(35(10)11)13-17(2)42-31)18(3)26(44-24-15-32(8,41-12)28(38)22(7)43-24)19(4)30(39)45-27(21(6)36)20(5)34(16,40)47-33/h16-20,22-29,31,37-38,40H,13-15H2,1-12H3/t16-,17-,18+,19-,20+,22+,23+,24+,25-,26+,27-,28+,29-,31+,32-,33-,34-/m1/s1. The van der Waals surface area contributed by atoms with Gasteiger partial charge < -0.3 is 53.4 Å². The third kappa shape index (κ3) is 7.31. The van der Waals surface area contributed by atoms with Gasteiger partial charge in [0.25, 0.3) is 0 Å². The van der Waals surface area contributed by atoms with Gasteiger partial charge in [0.1, 0.15) is 12.2 Å². The third-order valence-corrected chi connectivity index (χ3v) is 11.4. The van der Waals surface area contributed by atoms with Gasteiger partial charge in [0.2, 0.25) is 0 Å². The number of aliphatic hydroxyl groups excluding tert-OH is 2. The van der Waals surface area contributed by atoms with E-state index in [1.807, 2.05) is 46.7 Å². The first-order valence-electron chi connectivity index (χ1n) is 17.0. The van der Waals surface area contributed by atoms with E-state index in [1.165, 1.54) is 14.0 Å². The summed E-state index contributed by atoms with van der Waals surface area (Å²) < 4.78 is 43.9. The molecular formula is C34H59NO12. The number of ketones is 1. The number of carbonyl (C=O) groups excluding carboxylic acids is 2. The Kier molecular flexibility index (Phi) is 11.6. The number of esters is 1. The normalized spacial score (nSPS) is 51.4. The first kappa shape index (κ1) is 38.5. The summed E-state index contributed by atoms with van der Waals surface area (Å²) in [6.07, 6.45) is -6.79. The molecule has 13 heteroatoms. The molecule has 17 atom stereocenters. The molecule has 4 rings (SSSR count). The van der Waals surface area contributed by atoms with Gasteiger partial charge in [-0.25, -0.2) is 0 Å². The van der Waals surface area contributed by atoms with E-state index in [0.717, 1.165) is 0 Å². The Morgan fingerprint density at radius 2 is 1.64 bits per heavy atom. The number of aliphatic hydroxyl groups is 3. The van der Waals surface area contributed by atoms with E-state index in [2.05, 4.69) is 0 Å². The zero-order valence-electron chi connectivity index (χ0n) is 30.2. The minimum atomic E-state index is -1.85. The second kappa shape index (κ2) is 14.2. The molecule has 47 heavy (non-hydrogen) atoms. The molecule has 4 saturated heterocycles. The number of rotatable bonds is 7. The largest absolute Gasteiger partial charge is 0.454 e. The Balaban J connectivity index is 1.81. The van der Waals surface area contributed by atoms with E-state index in [-0.39, 0.29) is 18.6 Å². The minimum absolute atomic E-state index is 0.162. The monoisotopic (exact) mass is 673 g/mol. The lowest BCUT2D eigenvalue weighted by Gasteiger charge is -2.48. The van der Waals surface area contributed by atoms with Crippen LogP contribution < -0.4 is 0 Å². The highest BCUT2D eigenvalue weighted by Crippen LogP contribution is 2.51. The number of ether oxygens (including phenoxy) is 7. The Bertz CT molecular complexity index is 1120. The Hall–Kier alpha value is -1.26. The fourth-order valence-corrected chi connectivity index (χ4v) is 8.37. The molecule has 4 aliphatic heterocycles. The number of cyclic esters (lactones) is 1. The van der Waals surface area contributed by atoms with E-state index in [9.17, 15) is 24.9 Å². The van der Waals surface area contributed by atoms with Crippen molar-refractivity contribution in [2.45, 2.75) is 160 Å². The molecular weight excluding hydrogens is 614 g/mol. The quantitative estimate of drug-likeness (QED) is 0.337. The van der Waals surface area contributed by atoms with Crippen molar-refractivity contribution < 1.29 is 58.1 Å². The molecule has 0 aromatic rings. The van der Waals surface area contributed by atoms with Crippen molar-refractivity contribution >= 4 is 11.8 Å². The van der Waals surface area contributed by atoms with Gasteiger partial charge in [-0.15, -0.1) is 0 Å². The van der Waals surface area contributed by atoms with Crippen molar-refractivity contribution in [3.8, 4) is 0 Å². The van der Waals surface area contributed by atoms with Crippen molar-refractivity contribution in [2.24, 2.45) is 23.7 Å².